The van der Waals surface area contributed by atoms with E-state index in [1.54, 1.807) is 0 Å². The first kappa shape index (κ1) is 17.4. The van der Waals surface area contributed by atoms with Crippen LogP contribution in [0, 0.1) is 17.3 Å². The lowest BCUT2D eigenvalue weighted by molar-refractivity contribution is -0.166. The van der Waals surface area contributed by atoms with Crippen molar-refractivity contribution in [3.63, 3.8) is 0 Å². The van der Waals surface area contributed by atoms with Gasteiger partial charge >= 0.3 is 5.97 Å². The van der Waals surface area contributed by atoms with Gasteiger partial charge in [0.1, 0.15) is 6.10 Å². The van der Waals surface area contributed by atoms with Crippen LogP contribution < -0.4 is 0 Å². The number of hydrogen-bond acceptors (Lipinski definition) is 3. The lowest BCUT2D eigenvalue weighted by atomic mass is 9.81. The Morgan fingerprint density at radius 3 is 1.89 bits per heavy atom. The van der Waals surface area contributed by atoms with Crippen molar-refractivity contribution in [3.8, 4) is 0 Å². The van der Waals surface area contributed by atoms with Crippen LogP contribution in [0.5, 0.6) is 0 Å². The average molecular weight is 258 g/mol. The van der Waals surface area contributed by atoms with Crippen molar-refractivity contribution in [2.45, 2.75) is 67.6 Å². The van der Waals surface area contributed by atoms with E-state index in [0.29, 0.717) is 6.61 Å². The maximum atomic E-state index is 11.8. The first-order chi connectivity index (χ1) is 8.08. The number of carbonyl (C=O) groups excluding carboxylic acids is 1. The Bertz CT molecular complexity index is 254. The minimum atomic E-state index is -0.178. The molecule has 0 saturated heterocycles. The fraction of sp³-hybridized carbons (Fsp3) is 0.933. The normalized spacial score (nSPS) is 14.4. The lowest BCUT2D eigenvalue weighted by Crippen LogP contribution is -2.42. The molecule has 0 aromatic rings. The van der Waals surface area contributed by atoms with Gasteiger partial charge in [-0.3, -0.25) is 4.79 Å². The van der Waals surface area contributed by atoms with Crippen molar-refractivity contribution in [2.24, 2.45) is 17.3 Å². The SMILES string of the molecule is CC(C)OCC(C)(C)C(OC(=O)C(C)C)C(C)C. The van der Waals surface area contributed by atoms with Gasteiger partial charge in [-0.1, -0.05) is 41.5 Å². The van der Waals surface area contributed by atoms with Crippen molar-refractivity contribution >= 4 is 5.97 Å². The number of rotatable bonds is 7. The third kappa shape index (κ3) is 5.85. The zero-order chi connectivity index (χ0) is 14.5. The molecule has 0 fully saturated rings. The quantitative estimate of drug-likeness (QED) is 0.654. The number of esters is 1. The first-order valence-corrected chi connectivity index (χ1v) is 6.90. The lowest BCUT2D eigenvalue weighted by Gasteiger charge is -2.37. The van der Waals surface area contributed by atoms with Crippen molar-refractivity contribution in [1.29, 1.82) is 0 Å². The van der Waals surface area contributed by atoms with E-state index in [-0.39, 0.29) is 35.4 Å². The summed E-state index contributed by atoms with van der Waals surface area (Å²) in [6, 6.07) is 0. The van der Waals surface area contributed by atoms with E-state index >= 15 is 0 Å². The van der Waals surface area contributed by atoms with Crippen LogP contribution in [0.4, 0.5) is 0 Å². The Morgan fingerprint density at radius 1 is 1.06 bits per heavy atom. The van der Waals surface area contributed by atoms with Crippen molar-refractivity contribution in [3.05, 3.63) is 0 Å². The summed E-state index contributed by atoms with van der Waals surface area (Å²) in [5.41, 5.74) is -0.178. The second-order valence-electron chi connectivity index (χ2n) is 6.60. The fourth-order valence-corrected chi connectivity index (χ4v) is 1.92. The van der Waals surface area contributed by atoms with E-state index in [1.807, 2.05) is 27.7 Å². The highest BCUT2D eigenvalue weighted by Gasteiger charge is 2.36. The van der Waals surface area contributed by atoms with Crippen LogP contribution in [0.3, 0.4) is 0 Å². The molecular weight excluding hydrogens is 228 g/mol. The second kappa shape index (κ2) is 7.13. The molecule has 0 saturated carbocycles. The van der Waals surface area contributed by atoms with Gasteiger partial charge in [0.15, 0.2) is 0 Å². The molecule has 0 aliphatic carbocycles. The number of carbonyl (C=O) groups is 1. The van der Waals surface area contributed by atoms with E-state index in [9.17, 15) is 4.79 Å². The summed E-state index contributed by atoms with van der Waals surface area (Å²) in [5.74, 6) is 0.0536. The maximum Gasteiger partial charge on any atom is 0.308 e. The second-order valence-corrected chi connectivity index (χ2v) is 6.60. The molecule has 3 nitrogen and oxygen atoms in total. The summed E-state index contributed by atoms with van der Waals surface area (Å²) in [4.78, 5) is 11.8. The largest absolute Gasteiger partial charge is 0.461 e. The molecule has 0 amide bonds. The number of hydrogen-bond donors (Lipinski definition) is 0. The van der Waals surface area contributed by atoms with Gasteiger partial charge < -0.3 is 9.47 Å². The molecule has 0 spiro atoms. The highest BCUT2D eigenvalue weighted by atomic mass is 16.5. The third-order valence-electron chi connectivity index (χ3n) is 2.88. The summed E-state index contributed by atoms with van der Waals surface area (Å²) >= 11 is 0. The molecule has 0 bridgehead atoms. The van der Waals surface area contributed by atoms with Crippen molar-refractivity contribution in [1.82, 2.24) is 0 Å². The summed E-state index contributed by atoms with van der Waals surface area (Å²) in [7, 11) is 0. The van der Waals surface area contributed by atoms with Crippen LogP contribution >= 0.6 is 0 Å². The molecule has 0 rings (SSSR count). The third-order valence-corrected chi connectivity index (χ3v) is 2.88. The topological polar surface area (TPSA) is 35.5 Å². The Morgan fingerprint density at radius 2 is 1.56 bits per heavy atom. The summed E-state index contributed by atoms with van der Waals surface area (Å²) in [6.07, 6.45) is 0.0732. The van der Waals surface area contributed by atoms with Crippen LogP contribution in [0.2, 0.25) is 0 Å². The van der Waals surface area contributed by atoms with Crippen molar-refractivity contribution < 1.29 is 14.3 Å². The molecule has 0 radical (unpaired) electrons. The Hall–Kier alpha value is -0.570. The van der Waals surface area contributed by atoms with Gasteiger partial charge in [-0.15, -0.1) is 0 Å². The molecule has 18 heavy (non-hydrogen) atoms. The van der Waals surface area contributed by atoms with Crippen LogP contribution in [-0.2, 0) is 14.3 Å². The van der Waals surface area contributed by atoms with Gasteiger partial charge in [-0.05, 0) is 19.8 Å². The van der Waals surface area contributed by atoms with Gasteiger partial charge in [0, 0.05) is 5.41 Å². The van der Waals surface area contributed by atoms with Crippen LogP contribution in [0.25, 0.3) is 0 Å². The van der Waals surface area contributed by atoms with Gasteiger partial charge in [0.2, 0.25) is 0 Å². The molecule has 0 aliphatic rings. The van der Waals surface area contributed by atoms with E-state index in [2.05, 4.69) is 27.7 Å². The average Bonchev–Trinajstić information content (AvgIpc) is 2.21. The van der Waals surface area contributed by atoms with E-state index in [0.717, 1.165) is 0 Å². The summed E-state index contributed by atoms with van der Waals surface area (Å²) in [5, 5.41) is 0. The summed E-state index contributed by atoms with van der Waals surface area (Å²) < 4.78 is 11.3. The molecular formula is C15H30O3. The fourth-order valence-electron chi connectivity index (χ4n) is 1.92. The Labute approximate surface area is 112 Å². The Balaban J connectivity index is 4.71. The number of ether oxygens (including phenoxy) is 2. The van der Waals surface area contributed by atoms with Crippen LogP contribution in [-0.4, -0.2) is 24.8 Å². The van der Waals surface area contributed by atoms with E-state index < -0.39 is 0 Å². The molecule has 1 atom stereocenters. The molecule has 0 heterocycles. The van der Waals surface area contributed by atoms with Gasteiger partial charge in [0.25, 0.3) is 0 Å². The predicted molar refractivity (Wildman–Crippen MR) is 74.4 cm³/mol. The molecule has 1 unspecified atom stereocenters. The Kier molecular flexibility index (Phi) is 6.90. The molecule has 0 aliphatic heterocycles. The molecule has 3 heteroatoms. The molecule has 0 aromatic heterocycles. The monoisotopic (exact) mass is 258 g/mol. The first-order valence-electron chi connectivity index (χ1n) is 6.90. The smallest absolute Gasteiger partial charge is 0.308 e. The van der Waals surface area contributed by atoms with Gasteiger partial charge in [-0.2, -0.15) is 0 Å². The standard InChI is InChI=1S/C15H30O3/c1-10(2)13(18-14(16)11(3)4)15(7,8)9-17-12(5)6/h10-13H,9H2,1-8H3. The van der Waals surface area contributed by atoms with E-state index in [4.69, 9.17) is 9.47 Å². The van der Waals surface area contributed by atoms with Crippen LogP contribution in [0.15, 0.2) is 0 Å². The molecule has 0 aromatic carbocycles. The highest BCUT2D eigenvalue weighted by molar-refractivity contribution is 5.71. The molecule has 0 N–H and O–H groups in total. The van der Waals surface area contributed by atoms with Crippen LogP contribution in [0.1, 0.15) is 55.4 Å². The highest BCUT2D eigenvalue weighted by Crippen LogP contribution is 2.30. The maximum absolute atomic E-state index is 11.8. The summed E-state index contributed by atoms with van der Waals surface area (Å²) in [6.45, 7) is 16.7. The van der Waals surface area contributed by atoms with Crippen molar-refractivity contribution in [2.75, 3.05) is 6.61 Å². The minimum absolute atomic E-state index is 0.0898. The predicted octanol–water partition coefficient (Wildman–Crippen LogP) is 3.66. The van der Waals surface area contributed by atoms with Gasteiger partial charge in [0.05, 0.1) is 18.6 Å². The molecule has 108 valence electrons. The van der Waals surface area contributed by atoms with Gasteiger partial charge in [-0.25, -0.2) is 0 Å². The zero-order valence-electron chi connectivity index (χ0n) is 13.2. The minimum Gasteiger partial charge on any atom is -0.461 e. The zero-order valence-corrected chi connectivity index (χ0v) is 13.2. The van der Waals surface area contributed by atoms with E-state index in [1.165, 1.54) is 0 Å².